The Morgan fingerprint density at radius 3 is 2.52 bits per heavy atom. The fraction of sp³-hybridized carbons (Fsp3) is 0.588. The van der Waals surface area contributed by atoms with Crippen LogP contribution in [0.15, 0.2) is 30.3 Å². The predicted molar refractivity (Wildman–Crippen MR) is 85.6 cm³/mol. The normalized spacial score (nSPS) is 23.4. The van der Waals surface area contributed by atoms with Crippen molar-refractivity contribution in [1.82, 2.24) is 10.2 Å². The molecule has 1 aromatic carbocycles. The molecule has 3 rings (SSSR count). The third-order valence-electron chi connectivity index (χ3n) is 4.69. The van der Waals surface area contributed by atoms with Crippen molar-refractivity contribution in [3.63, 3.8) is 0 Å². The van der Waals surface area contributed by atoms with Crippen LogP contribution >= 0.6 is 0 Å². The summed E-state index contributed by atoms with van der Waals surface area (Å²) in [6.45, 7) is 4.70. The number of carbonyl (C=O) groups excluding carboxylic acids is 1. The van der Waals surface area contributed by atoms with Crippen molar-refractivity contribution in [2.24, 2.45) is 0 Å². The number of hydrogen-bond donors (Lipinski definition) is 1. The quantitative estimate of drug-likeness (QED) is 0.908. The molecule has 1 saturated carbocycles. The van der Waals surface area contributed by atoms with Gasteiger partial charge >= 0.3 is 6.03 Å². The molecule has 2 aliphatic rings. The molecule has 1 aliphatic heterocycles. The van der Waals surface area contributed by atoms with Crippen LogP contribution in [-0.2, 0) is 0 Å². The molecule has 1 aliphatic carbocycles. The summed E-state index contributed by atoms with van der Waals surface area (Å²) in [5, 5.41) is 3.19. The van der Waals surface area contributed by atoms with Crippen LogP contribution in [-0.4, -0.2) is 42.6 Å². The molecule has 1 aromatic rings. The largest absolute Gasteiger partial charge is 0.365 e. The van der Waals surface area contributed by atoms with E-state index in [0.717, 1.165) is 32.5 Å². The van der Waals surface area contributed by atoms with Crippen molar-refractivity contribution in [3.8, 4) is 0 Å². The van der Waals surface area contributed by atoms with Crippen LogP contribution < -0.4 is 10.2 Å². The molecule has 0 bridgehead atoms. The van der Waals surface area contributed by atoms with E-state index in [1.807, 2.05) is 11.0 Å². The average molecular weight is 287 g/mol. The number of hydrogen-bond acceptors (Lipinski definition) is 2. The van der Waals surface area contributed by atoms with Crippen molar-refractivity contribution in [1.29, 1.82) is 0 Å². The summed E-state index contributed by atoms with van der Waals surface area (Å²) in [7, 11) is 0. The zero-order valence-corrected chi connectivity index (χ0v) is 12.8. The predicted octanol–water partition coefficient (Wildman–Crippen LogP) is 2.85. The highest BCUT2D eigenvalue weighted by atomic mass is 16.2. The smallest absolute Gasteiger partial charge is 0.317 e. The molecule has 2 fully saturated rings. The number of amides is 2. The SMILES string of the molecule is CC1CN(C(=O)NC2CCCC2)CCN1c1ccccc1. The van der Waals surface area contributed by atoms with E-state index in [1.165, 1.54) is 18.5 Å². The highest BCUT2D eigenvalue weighted by molar-refractivity contribution is 5.75. The molecule has 114 valence electrons. The van der Waals surface area contributed by atoms with Gasteiger partial charge in [0.25, 0.3) is 0 Å². The van der Waals surface area contributed by atoms with Gasteiger partial charge in [0.2, 0.25) is 0 Å². The van der Waals surface area contributed by atoms with Gasteiger partial charge in [0.05, 0.1) is 0 Å². The minimum Gasteiger partial charge on any atom is -0.365 e. The highest BCUT2D eigenvalue weighted by Gasteiger charge is 2.28. The second-order valence-corrected chi connectivity index (χ2v) is 6.25. The van der Waals surface area contributed by atoms with Crippen LogP contribution in [0.4, 0.5) is 10.5 Å². The molecular formula is C17H25N3O. The van der Waals surface area contributed by atoms with E-state index in [2.05, 4.69) is 41.4 Å². The number of piperazine rings is 1. The number of rotatable bonds is 2. The van der Waals surface area contributed by atoms with Gasteiger partial charge in [0.1, 0.15) is 0 Å². The number of benzene rings is 1. The van der Waals surface area contributed by atoms with Gasteiger partial charge in [0, 0.05) is 37.4 Å². The summed E-state index contributed by atoms with van der Waals surface area (Å²) in [6.07, 6.45) is 4.79. The van der Waals surface area contributed by atoms with Crippen molar-refractivity contribution in [3.05, 3.63) is 30.3 Å². The first kappa shape index (κ1) is 14.2. The van der Waals surface area contributed by atoms with Gasteiger partial charge in [-0.2, -0.15) is 0 Å². The maximum Gasteiger partial charge on any atom is 0.317 e. The van der Waals surface area contributed by atoms with Crippen LogP contribution in [0.1, 0.15) is 32.6 Å². The van der Waals surface area contributed by atoms with Gasteiger partial charge in [-0.1, -0.05) is 31.0 Å². The molecule has 1 saturated heterocycles. The Balaban J connectivity index is 1.56. The molecule has 1 atom stereocenters. The lowest BCUT2D eigenvalue weighted by atomic mass is 10.1. The Morgan fingerprint density at radius 2 is 1.86 bits per heavy atom. The van der Waals surface area contributed by atoms with Crippen LogP contribution in [0.2, 0.25) is 0 Å². The number of urea groups is 1. The van der Waals surface area contributed by atoms with Crippen LogP contribution in [0, 0.1) is 0 Å². The molecule has 1 N–H and O–H groups in total. The first-order chi connectivity index (χ1) is 10.2. The van der Waals surface area contributed by atoms with E-state index < -0.39 is 0 Å². The average Bonchev–Trinajstić information content (AvgIpc) is 3.01. The highest BCUT2D eigenvalue weighted by Crippen LogP contribution is 2.21. The summed E-state index contributed by atoms with van der Waals surface area (Å²) in [5.74, 6) is 0. The van der Waals surface area contributed by atoms with E-state index in [0.29, 0.717) is 12.1 Å². The molecule has 1 heterocycles. The lowest BCUT2D eigenvalue weighted by Crippen LogP contribution is -2.56. The van der Waals surface area contributed by atoms with Gasteiger partial charge in [-0.05, 0) is 31.9 Å². The molecule has 0 spiro atoms. The van der Waals surface area contributed by atoms with E-state index in [-0.39, 0.29) is 6.03 Å². The van der Waals surface area contributed by atoms with Gasteiger partial charge in [-0.15, -0.1) is 0 Å². The number of nitrogens with zero attached hydrogens (tertiary/aromatic N) is 2. The number of anilines is 1. The topological polar surface area (TPSA) is 35.6 Å². The Hall–Kier alpha value is -1.71. The lowest BCUT2D eigenvalue weighted by Gasteiger charge is -2.41. The second-order valence-electron chi connectivity index (χ2n) is 6.25. The van der Waals surface area contributed by atoms with Crippen molar-refractivity contribution < 1.29 is 4.79 Å². The van der Waals surface area contributed by atoms with Crippen molar-refractivity contribution in [2.45, 2.75) is 44.7 Å². The van der Waals surface area contributed by atoms with Crippen LogP contribution in [0.25, 0.3) is 0 Å². The number of nitrogens with one attached hydrogen (secondary N) is 1. The minimum atomic E-state index is 0.126. The van der Waals surface area contributed by atoms with Crippen LogP contribution in [0.5, 0.6) is 0 Å². The third-order valence-corrected chi connectivity index (χ3v) is 4.69. The van der Waals surface area contributed by atoms with E-state index >= 15 is 0 Å². The summed E-state index contributed by atoms with van der Waals surface area (Å²) in [5.41, 5.74) is 1.25. The third kappa shape index (κ3) is 3.31. The Bertz CT molecular complexity index is 470. The fourth-order valence-electron chi connectivity index (χ4n) is 3.48. The Morgan fingerprint density at radius 1 is 1.14 bits per heavy atom. The summed E-state index contributed by atoms with van der Waals surface area (Å²) in [6, 6.07) is 11.4. The Labute approximate surface area is 127 Å². The molecule has 2 amide bonds. The first-order valence-corrected chi connectivity index (χ1v) is 8.11. The Kier molecular flexibility index (Phi) is 4.32. The van der Waals surface area contributed by atoms with Gasteiger partial charge in [-0.3, -0.25) is 0 Å². The number of para-hydroxylation sites is 1. The molecule has 0 radical (unpaired) electrons. The zero-order chi connectivity index (χ0) is 14.7. The maximum atomic E-state index is 12.3. The van der Waals surface area contributed by atoms with E-state index in [9.17, 15) is 4.79 Å². The summed E-state index contributed by atoms with van der Waals surface area (Å²) < 4.78 is 0. The van der Waals surface area contributed by atoms with Crippen molar-refractivity contribution >= 4 is 11.7 Å². The molecule has 4 nitrogen and oxygen atoms in total. The summed E-state index contributed by atoms with van der Waals surface area (Å²) >= 11 is 0. The maximum absolute atomic E-state index is 12.3. The standard InChI is InChI=1S/C17H25N3O/c1-14-13-19(17(21)18-15-7-5-6-8-15)11-12-20(14)16-9-3-2-4-10-16/h2-4,9-10,14-15H,5-8,11-13H2,1H3,(H,18,21). The molecule has 4 heteroatoms. The fourth-order valence-corrected chi connectivity index (χ4v) is 3.48. The van der Waals surface area contributed by atoms with E-state index in [1.54, 1.807) is 0 Å². The molecule has 21 heavy (non-hydrogen) atoms. The first-order valence-electron chi connectivity index (χ1n) is 8.11. The lowest BCUT2D eigenvalue weighted by molar-refractivity contribution is 0.183. The van der Waals surface area contributed by atoms with Gasteiger partial charge in [-0.25, -0.2) is 4.79 Å². The summed E-state index contributed by atoms with van der Waals surface area (Å²) in [4.78, 5) is 16.7. The zero-order valence-electron chi connectivity index (χ0n) is 12.8. The second kappa shape index (κ2) is 6.37. The monoisotopic (exact) mass is 287 g/mol. The number of carbonyl (C=O) groups is 1. The molecule has 0 aromatic heterocycles. The van der Waals surface area contributed by atoms with Gasteiger partial charge < -0.3 is 15.1 Å². The van der Waals surface area contributed by atoms with Gasteiger partial charge in [0.15, 0.2) is 0 Å². The minimum absolute atomic E-state index is 0.126. The van der Waals surface area contributed by atoms with Crippen LogP contribution in [0.3, 0.4) is 0 Å². The molecular weight excluding hydrogens is 262 g/mol. The molecule has 1 unspecified atom stereocenters. The van der Waals surface area contributed by atoms with Crippen molar-refractivity contribution in [2.75, 3.05) is 24.5 Å². The van der Waals surface area contributed by atoms with E-state index in [4.69, 9.17) is 0 Å².